The number of rotatable bonds is 9. The number of fused-ring (bicyclic) bond motifs is 1. The predicted octanol–water partition coefficient (Wildman–Crippen LogP) is 7.08. The maximum atomic E-state index is 14.1. The summed E-state index contributed by atoms with van der Waals surface area (Å²) < 4.78 is 46.7. The van der Waals surface area contributed by atoms with Crippen LogP contribution in [0.25, 0.3) is 0 Å². The maximum Gasteiger partial charge on any atom is 0.197 e. The van der Waals surface area contributed by atoms with E-state index in [1.807, 2.05) is 47.8 Å². The van der Waals surface area contributed by atoms with Crippen LogP contribution in [0.1, 0.15) is 54.5 Å². The Morgan fingerprint density at radius 3 is 2.67 bits per heavy atom. The van der Waals surface area contributed by atoms with Crippen LogP contribution in [0.4, 0.5) is 9.52 Å². The van der Waals surface area contributed by atoms with E-state index < -0.39 is 11.0 Å². The number of piperidine rings is 1. The second-order valence-corrected chi connectivity index (χ2v) is 12.7. The summed E-state index contributed by atoms with van der Waals surface area (Å²) in [6.45, 7) is 1.89. The first-order valence-corrected chi connectivity index (χ1v) is 16.1. The van der Waals surface area contributed by atoms with Crippen LogP contribution in [0.15, 0.2) is 77.1 Å². The van der Waals surface area contributed by atoms with Gasteiger partial charge in [0.2, 0.25) is 0 Å². The average Bonchev–Trinajstić information content (AvgIpc) is 3.58. The summed E-state index contributed by atoms with van der Waals surface area (Å²) in [6.07, 6.45) is 5.90. The normalized spacial score (nSPS) is 19.4. The molecule has 3 heterocycles. The van der Waals surface area contributed by atoms with Gasteiger partial charge in [-0.05, 0) is 61.3 Å². The van der Waals surface area contributed by atoms with Gasteiger partial charge in [-0.2, -0.15) is 0 Å². The highest BCUT2D eigenvalue weighted by atomic mass is 32.2. The van der Waals surface area contributed by atoms with Crippen molar-refractivity contribution in [1.82, 2.24) is 9.88 Å². The molecule has 2 aliphatic heterocycles. The van der Waals surface area contributed by atoms with Gasteiger partial charge in [0.1, 0.15) is 23.1 Å². The average molecular weight is 608 g/mol. The van der Waals surface area contributed by atoms with Crippen molar-refractivity contribution in [3.8, 4) is 17.2 Å². The third kappa shape index (κ3) is 5.88. The predicted molar refractivity (Wildman–Crippen MR) is 163 cm³/mol. The summed E-state index contributed by atoms with van der Waals surface area (Å²) >= 11 is 1.44. The molecule has 0 aliphatic carbocycles. The molecular weight excluding hydrogens is 574 g/mol. The smallest absolute Gasteiger partial charge is 0.197 e. The Morgan fingerprint density at radius 2 is 1.90 bits per heavy atom. The standard InChI is InChI=1S/C32H34FN3O4S2/c1-38-25-11-8-23(30(19-25)39-2)21-36(32-34-15-18-41-32)42(37)26-12-13-27-29(14-17-40-31(27)20-26)35-16-4-3-5-28(35)22-6-9-24(33)10-7-22/h6-13,15,18-20,28-29H,3-5,14,16-17,21H2,1-2H3. The number of halogens is 1. The molecule has 3 aromatic carbocycles. The van der Waals surface area contributed by atoms with E-state index in [2.05, 4.69) is 16.0 Å². The fraction of sp³-hybridized carbons (Fsp3) is 0.344. The van der Waals surface area contributed by atoms with Crippen LogP contribution >= 0.6 is 11.3 Å². The van der Waals surface area contributed by atoms with Crippen molar-refractivity contribution in [2.75, 3.05) is 31.7 Å². The molecule has 6 rings (SSSR count). The lowest BCUT2D eigenvalue weighted by molar-refractivity contribution is 0.0668. The first kappa shape index (κ1) is 28.6. The van der Waals surface area contributed by atoms with E-state index in [1.54, 1.807) is 36.9 Å². The number of likely N-dealkylation sites (tertiary alicyclic amines) is 1. The van der Waals surface area contributed by atoms with Gasteiger partial charge in [-0.3, -0.25) is 9.21 Å². The van der Waals surface area contributed by atoms with Gasteiger partial charge in [0.05, 0.1) is 32.3 Å². The number of hydrogen-bond donors (Lipinski definition) is 0. The van der Waals surface area contributed by atoms with Crippen molar-refractivity contribution < 1.29 is 22.8 Å². The quantitative estimate of drug-likeness (QED) is 0.203. The number of methoxy groups -OCH3 is 2. The molecule has 7 nitrogen and oxygen atoms in total. The van der Waals surface area contributed by atoms with E-state index >= 15 is 0 Å². The highest BCUT2D eigenvalue weighted by molar-refractivity contribution is 7.86. The van der Waals surface area contributed by atoms with Crippen LogP contribution in [0.5, 0.6) is 17.2 Å². The summed E-state index contributed by atoms with van der Waals surface area (Å²) in [7, 11) is 1.67. The molecule has 1 aromatic heterocycles. The second-order valence-electron chi connectivity index (χ2n) is 10.4. The van der Waals surface area contributed by atoms with Gasteiger partial charge >= 0.3 is 0 Å². The van der Waals surface area contributed by atoms with Crippen molar-refractivity contribution in [2.45, 2.75) is 49.2 Å². The van der Waals surface area contributed by atoms with Crippen molar-refractivity contribution in [3.63, 3.8) is 0 Å². The van der Waals surface area contributed by atoms with E-state index in [1.165, 1.54) is 11.3 Å². The molecule has 0 radical (unpaired) electrons. The van der Waals surface area contributed by atoms with Crippen molar-refractivity contribution >= 4 is 27.5 Å². The van der Waals surface area contributed by atoms with Crippen LogP contribution < -0.4 is 18.5 Å². The number of ether oxygens (including phenoxy) is 3. The van der Waals surface area contributed by atoms with Crippen LogP contribution in [-0.4, -0.2) is 41.5 Å². The van der Waals surface area contributed by atoms with Gasteiger partial charge in [0, 0.05) is 47.3 Å². The van der Waals surface area contributed by atoms with Gasteiger partial charge in [-0.25, -0.2) is 13.6 Å². The highest BCUT2D eigenvalue weighted by Gasteiger charge is 2.35. The summed E-state index contributed by atoms with van der Waals surface area (Å²) in [5, 5.41) is 2.53. The number of benzene rings is 3. The Labute approximate surface area is 252 Å². The highest BCUT2D eigenvalue weighted by Crippen LogP contribution is 2.44. The van der Waals surface area contributed by atoms with Crippen molar-refractivity contribution in [1.29, 1.82) is 0 Å². The lowest BCUT2D eigenvalue weighted by atomic mass is 9.89. The Hall–Kier alpha value is -3.47. The van der Waals surface area contributed by atoms with Gasteiger partial charge < -0.3 is 14.2 Å². The Morgan fingerprint density at radius 1 is 1.05 bits per heavy atom. The van der Waals surface area contributed by atoms with E-state index in [-0.39, 0.29) is 17.9 Å². The number of hydrogen-bond acceptors (Lipinski definition) is 7. The zero-order valence-corrected chi connectivity index (χ0v) is 25.3. The van der Waals surface area contributed by atoms with Crippen LogP contribution in [0, 0.1) is 5.82 Å². The molecule has 220 valence electrons. The number of anilines is 1. The summed E-state index contributed by atoms with van der Waals surface area (Å²) in [5.74, 6) is 1.90. The van der Waals surface area contributed by atoms with Crippen LogP contribution in [0.3, 0.4) is 0 Å². The monoisotopic (exact) mass is 607 g/mol. The third-order valence-electron chi connectivity index (χ3n) is 8.03. The number of aromatic nitrogens is 1. The molecule has 3 unspecified atom stereocenters. The van der Waals surface area contributed by atoms with E-state index in [0.29, 0.717) is 34.7 Å². The van der Waals surface area contributed by atoms with Crippen molar-refractivity contribution in [3.05, 3.63) is 94.7 Å². The molecule has 4 aromatic rings. The topological polar surface area (TPSA) is 64.1 Å². The summed E-state index contributed by atoms with van der Waals surface area (Å²) in [6, 6.07) is 18.9. The molecule has 0 saturated carbocycles. The van der Waals surface area contributed by atoms with Gasteiger partial charge in [0.15, 0.2) is 16.1 Å². The molecule has 0 amide bonds. The molecule has 1 fully saturated rings. The largest absolute Gasteiger partial charge is 0.497 e. The molecular formula is C32H34FN3O4S2. The second kappa shape index (κ2) is 12.8. The van der Waals surface area contributed by atoms with E-state index in [9.17, 15) is 8.60 Å². The van der Waals surface area contributed by atoms with Gasteiger partial charge in [-0.1, -0.05) is 24.6 Å². The number of nitrogens with zero attached hydrogens (tertiary/aromatic N) is 3. The van der Waals surface area contributed by atoms with Crippen LogP contribution in [0.2, 0.25) is 0 Å². The lowest BCUT2D eigenvalue weighted by Gasteiger charge is -2.43. The molecule has 42 heavy (non-hydrogen) atoms. The Bertz CT molecular complexity index is 1530. The Kier molecular flexibility index (Phi) is 8.73. The minimum Gasteiger partial charge on any atom is -0.497 e. The zero-order valence-electron chi connectivity index (χ0n) is 23.7. The van der Waals surface area contributed by atoms with Crippen molar-refractivity contribution in [2.24, 2.45) is 0 Å². The fourth-order valence-corrected chi connectivity index (χ4v) is 7.95. The summed E-state index contributed by atoms with van der Waals surface area (Å²) in [4.78, 5) is 7.67. The van der Waals surface area contributed by atoms with E-state index in [0.717, 1.165) is 54.7 Å². The van der Waals surface area contributed by atoms with Gasteiger partial charge in [0.25, 0.3) is 0 Å². The molecule has 0 N–H and O–H groups in total. The van der Waals surface area contributed by atoms with Gasteiger partial charge in [-0.15, -0.1) is 11.3 Å². The SMILES string of the molecule is COc1ccc(CN(c2nccs2)S(=O)c2ccc3c(c2)OCCC3N2CCCCC2c2ccc(F)cc2)c(OC)c1. The molecule has 10 heteroatoms. The summed E-state index contributed by atoms with van der Waals surface area (Å²) in [5.41, 5.74) is 3.12. The Balaban J connectivity index is 1.29. The molecule has 2 aliphatic rings. The molecule has 0 spiro atoms. The number of thiazole rings is 1. The zero-order chi connectivity index (χ0) is 29.1. The molecule has 3 atom stereocenters. The first-order valence-electron chi connectivity index (χ1n) is 14.1. The first-order chi connectivity index (χ1) is 20.6. The minimum absolute atomic E-state index is 0.171. The maximum absolute atomic E-state index is 14.1. The molecule has 0 bridgehead atoms. The van der Waals surface area contributed by atoms with Crippen LogP contribution in [-0.2, 0) is 17.5 Å². The van der Waals surface area contributed by atoms with E-state index in [4.69, 9.17) is 14.2 Å². The lowest BCUT2D eigenvalue weighted by Crippen LogP contribution is -2.39. The minimum atomic E-state index is -1.56. The third-order valence-corrected chi connectivity index (χ3v) is 10.3. The fourth-order valence-electron chi connectivity index (χ4n) is 5.97. The molecule has 1 saturated heterocycles.